The van der Waals surface area contributed by atoms with Gasteiger partial charge in [0.1, 0.15) is 0 Å². The van der Waals surface area contributed by atoms with E-state index in [0.29, 0.717) is 23.0 Å². The molecule has 0 amide bonds. The standard InChI is InChI=1S/C67H40N2O2S/c1-7-23-54-46(17-1)47-18-2-8-24-55(47)67(54)56-25-9-3-19-48(56)52-39-62-63(40-57(52)67)70-61-29-14-28-60(66(61)71-62)68(43-34-31-41(32-35-43)42-33-36-65-53(37-42)51-22-6-12-30-64(51)72-65)44-15-13-16-45(38-44)69-58-26-10-4-20-49(58)50-21-5-11-27-59(50)69/h1-40H. The second-order valence-electron chi connectivity index (χ2n) is 19.1. The van der Waals surface area contributed by atoms with E-state index in [9.17, 15) is 0 Å². The van der Waals surface area contributed by atoms with Gasteiger partial charge in [0.15, 0.2) is 23.0 Å². The van der Waals surface area contributed by atoms with Gasteiger partial charge in [0, 0.05) is 48.0 Å². The van der Waals surface area contributed by atoms with Crippen molar-refractivity contribution < 1.29 is 9.47 Å². The molecule has 336 valence electrons. The molecule has 72 heavy (non-hydrogen) atoms. The zero-order valence-corrected chi connectivity index (χ0v) is 39.5. The van der Waals surface area contributed by atoms with E-state index in [1.54, 1.807) is 0 Å². The molecule has 2 aliphatic carbocycles. The number of rotatable bonds is 5. The van der Waals surface area contributed by atoms with Crippen molar-refractivity contribution in [3.05, 3.63) is 265 Å². The molecule has 0 N–H and O–H groups in total. The van der Waals surface area contributed by atoms with Crippen molar-refractivity contribution in [1.29, 1.82) is 0 Å². The molecule has 0 saturated carbocycles. The van der Waals surface area contributed by atoms with Gasteiger partial charge in [-0.25, -0.2) is 0 Å². The van der Waals surface area contributed by atoms with Crippen molar-refractivity contribution in [2.24, 2.45) is 0 Å². The average molecular weight is 937 g/mol. The summed E-state index contributed by atoms with van der Waals surface area (Å²) < 4.78 is 19.4. The van der Waals surface area contributed by atoms with Crippen LogP contribution in [0.2, 0.25) is 0 Å². The Bertz CT molecular complexity index is 4330. The normalized spacial score (nSPS) is 13.3. The summed E-state index contributed by atoms with van der Waals surface area (Å²) in [5.74, 6) is 2.70. The third-order valence-electron chi connectivity index (χ3n) is 15.5. The van der Waals surface area contributed by atoms with Gasteiger partial charge in [0.05, 0.1) is 22.1 Å². The van der Waals surface area contributed by atoms with Crippen LogP contribution in [0.4, 0.5) is 17.1 Å². The molecule has 0 unspecified atom stereocenters. The van der Waals surface area contributed by atoms with Gasteiger partial charge in [-0.05, 0) is 141 Å². The summed E-state index contributed by atoms with van der Waals surface area (Å²) >= 11 is 1.85. The van der Waals surface area contributed by atoms with E-state index in [0.717, 1.165) is 44.9 Å². The van der Waals surface area contributed by atoms with E-state index < -0.39 is 5.41 Å². The second-order valence-corrected chi connectivity index (χ2v) is 20.2. The Morgan fingerprint density at radius 1 is 0.361 bits per heavy atom. The fourth-order valence-electron chi connectivity index (χ4n) is 12.5. The smallest absolute Gasteiger partial charge is 0.194 e. The maximum atomic E-state index is 7.27. The molecule has 0 radical (unpaired) electrons. The van der Waals surface area contributed by atoms with Crippen LogP contribution in [0, 0.1) is 0 Å². The Labute approximate surface area is 419 Å². The molecule has 3 aliphatic rings. The Kier molecular flexibility index (Phi) is 8.22. The van der Waals surface area contributed by atoms with Gasteiger partial charge >= 0.3 is 0 Å². The molecule has 16 rings (SSSR count). The van der Waals surface area contributed by atoms with Crippen LogP contribution in [0.1, 0.15) is 22.3 Å². The number of benzene rings is 11. The van der Waals surface area contributed by atoms with Crippen LogP contribution in [-0.4, -0.2) is 4.57 Å². The lowest BCUT2D eigenvalue weighted by Crippen LogP contribution is -2.25. The topological polar surface area (TPSA) is 26.6 Å². The molecule has 0 bridgehead atoms. The number of aromatic nitrogens is 1. The molecule has 13 aromatic rings. The van der Waals surface area contributed by atoms with Crippen molar-refractivity contribution in [2.75, 3.05) is 4.90 Å². The van der Waals surface area contributed by atoms with Crippen LogP contribution >= 0.6 is 11.3 Å². The van der Waals surface area contributed by atoms with Gasteiger partial charge in [-0.3, -0.25) is 0 Å². The Balaban J connectivity index is 0.859. The summed E-state index contributed by atoms with van der Waals surface area (Å²) in [6.07, 6.45) is 0. The highest BCUT2D eigenvalue weighted by Crippen LogP contribution is 2.65. The number of ether oxygens (including phenoxy) is 2. The number of thiophene rings is 1. The van der Waals surface area contributed by atoms with Crippen molar-refractivity contribution >= 4 is 70.4 Å². The first-order chi connectivity index (χ1) is 35.7. The Hall–Kier alpha value is -9.16. The minimum absolute atomic E-state index is 0.493. The van der Waals surface area contributed by atoms with E-state index in [-0.39, 0.29) is 0 Å². The molecule has 1 spiro atoms. The van der Waals surface area contributed by atoms with Crippen LogP contribution in [0.3, 0.4) is 0 Å². The molecule has 2 aromatic heterocycles. The number of anilines is 3. The number of hydrogen-bond acceptors (Lipinski definition) is 4. The van der Waals surface area contributed by atoms with Crippen LogP contribution in [0.5, 0.6) is 23.0 Å². The molecule has 0 fully saturated rings. The van der Waals surface area contributed by atoms with Crippen molar-refractivity contribution in [2.45, 2.75) is 5.41 Å². The van der Waals surface area contributed by atoms with E-state index in [1.165, 1.54) is 75.5 Å². The second kappa shape index (κ2) is 14.9. The van der Waals surface area contributed by atoms with Crippen LogP contribution in [0.15, 0.2) is 243 Å². The zero-order chi connectivity index (χ0) is 47.1. The first kappa shape index (κ1) is 39.7. The maximum absolute atomic E-state index is 7.27. The van der Waals surface area contributed by atoms with Gasteiger partial charge in [-0.1, -0.05) is 158 Å². The SMILES string of the molecule is c1cc(N(c2ccc(-c3ccc4sc5ccccc5c4c3)cc2)c2cccc3c2Oc2cc4c(cc2O3)C2(c3ccccc3-c3ccccc32)c2ccccc2-4)cc(-n2c3ccccc3c3ccccc32)c1. The first-order valence-electron chi connectivity index (χ1n) is 24.6. The van der Waals surface area contributed by atoms with Crippen molar-refractivity contribution in [1.82, 2.24) is 4.57 Å². The fourth-order valence-corrected chi connectivity index (χ4v) is 13.5. The number of nitrogens with zero attached hydrogens (tertiary/aromatic N) is 2. The van der Waals surface area contributed by atoms with Gasteiger partial charge in [0.25, 0.3) is 0 Å². The van der Waals surface area contributed by atoms with Gasteiger partial charge in [-0.15, -0.1) is 11.3 Å². The molecule has 1 aliphatic heterocycles. The lowest BCUT2D eigenvalue weighted by Gasteiger charge is -2.32. The minimum Gasteiger partial charge on any atom is -0.449 e. The first-order valence-corrected chi connectivity index (χ1v) is 25.4. The highest BCUT2D eigenvalue weighted by Gasteiger charge is 2.52. The zero-order valence-electron chi connectivity index (χ0n) is 38.7. The molecule has 3 heterocycles. The lowest BCUT2D eigenvalue weighted by molar-refractivity contribution is 0.360. The number of para-hydroxylation sites is 3. The van der Waals surface area contributed by atoms with Crippen LogP contribution in [-0.2, 0) is 5.41 Å². The number of fused-ring (bicyclic) bond motifs is 18. The van der Waals surface area contributed by atoms with Crippen LogP contribution < -0.4 is 14.4 Å². The molecular formula is C67H40N2O2S. The predicted molar refractivity (Wildman–Crippen MR) is 297 cm³/mol. The maximum Gasteiger partial charge on any atom is 0.194 e. The summed E-state index contributed by atoms with van der Waals surface area (Å²) in [5.41, 5.74) is 18.0. The highest BCUT2D eigenvalue weighted by molar-refractivity contribution is 7.25. The van der Waals surface area contributed by atoms with E-state index in [2.05, 4.69) is 246 Å². The Morgan fingerprint density at radius 3 is 1.67 bits per heavy atom. The summed E-state index contributed by atoms with van der Waals surface area (Å²) in [6.45, 7) is 0. The molecule has 4 nitrogen and oxygen atoms in total. The molecule has 0 saturated heterocycles. The third kappa shape index (κ3) is 5.46. The summed E-state index contributed by atoms with van der Waals surface area (Å²) in [7, 11) is 0. The van der Waals surface area contributed by atoms with Gasteiger partial charge in [0.2, 0.25) is 0 Å². The summed E-state index contributed by atoms with van der Waals surface area (Å²) in [5, 5.41) is 5.03. The van der Waals surface area contributed by atoms with E-state index in [1.807, 2.05) is 17.4 Å². The summed E-state index contributed by atoms with van der Waals surface area (Å²) in [6, 6.07) is 88.1. The highest BCUT2D eigenvalue weighted by atomic mass is 32.1. The van der Waals surface area contributed by atoms with Crippen molar-refractivity contribution in [3.63, 3.8) is 0 Å². The largest absolute Gasteiger partial charge is 0.449 e. The quantitative estimate of drug-likeness (QED) is 0.172. The average Bonchev–Trinajstić information content (AvgIpc) is 4.16. The minimum atomic E-state index is -0.493. The van der Waals surface area contributed by atoms with Crippen LogP contribution in [0.25, 0.3) is 81.0 Å². The number of hydrogen-bond donors (Lipinski definition) is 0. The predicted octanol–water partition coefficient (Wildman–Crippen LogP) is 18.5. The van der Waals surface area contributed by atoms with Gasteiger partial charge < -0.3 is 18.9 Å². The molecule has 11 aromatic carbocycles. The van der Waals surface area contributed by atoms with E-state index in [4.69, 9.17) is 9.47 Å². The molecule has 0 atom stereocenters. The molecule has 5 heteroatoms. The molecular weight excluding hydrogens is 897 g/mol. The van der Waals surface area contributed by atoms with Crippen molar-refractivity contribution in [3.8, 4) is 62.1 Å². The fraction of sp³-hybridized carbons (Fsp3) is 0.0149. The summed E-state index contributed by atoms with van der Waals surface area (Å²) in [4.78, 5) is 2.31. The van der Waals surface area contributed by atoms with Gasteiger partial charge in [-0.2, -0.15) is 0 Å². The third-order valence-corrected chi connectivity index (χ3v) is 16.6. The van der Waals surface area contributed by atoms with E-state index >= 15 is 0 Å². The Morgan fingerprint density at radius 2 is 0.944 bits per heavy atom. The lowest BCUT2D eigenvalue weighted by atomic mass is 9.70. The monoisotopic (exact) mass is 936 g/mol.